The van der Waals surface area contributed by atoms with Crippen molar-refractivity contribution in [2.75, 3.05) is 6.61 Å². The Kier molecular flexibility index (Phi) is 9.90. The highest BCUT2D eigenvalue weighted by molar-refractivity contribution is 5.87. The number of hydrogen-bond donors (Lipinski definition) is 0. The van der Waals surface area contributed by atoms with Gasteiger partial charge in [0.1, 0.15) is 5.75 Å². The van der Waals surface area contributed by atoms with Gasteiger partial charge in [0, 0.05) is 6.08 Å². The van der Waals surface area contributed by atoms with Crippen LogP contribution in [0.1, 0.15) is 65.4 Å². The molecule has 1 aromatic carbocycles. The zero-order valence-electron chi connectivity index (χ0n) is 15.6. The van der Waals surface area contributed by atoms with Crippen LogP contribution >= 0.6 is 0 Å². The molecule has 0 aromatic heterocycles. The van der Waals surface area contributed by atoms with Gasteiger partial charge in [0.2, 0.25) is 0 Å². The van der Waals surface area contributed by atoms with E-state index in [2.05, 4.69) is 20.8 Å². The summed E-state index contributed by atoms with van der Waals surface area (Å²) < 4.78 is 11.1. The maximum Gasteiger partial charge on any atom is 0.330 e. The van der Waals surface area contributed by atoms with Crippen LogP contribution in [0.25, 0.3) is 6.08 Å². The molecule has 0 aliphatic heterocycles. The third-order valence-electron chi connectivity index (χ3n) is 4.21. The lowest BCUT2D eigenvalue weighted by Crippen LogP contribution is -2.12. The number of benzene rings is 1. The summed E-state index contributed by atoms with van der Waals surface area (Å²) >= 11 is 0. The van der Waals surface area contributed by atoms with Crippen LogP contribution in [-0.4, -0.2) is 18.7 Å². The quantitative estimate of drug-likeness (QED) is 0.389. The predicted molar refractivity (Wildman–Crippen MR) is 100 cm³/mol. The molecule has 3 nitrogen and oxygen atoms in total. The van der Waals surface area contributed by atoms with Crippen LogP contribution in [0.3, 0.4) is 0 Å². The first kappa shape index (κ1) is 20.3. The Bertz CT molecular complexity index is 490. The zero-order valence-corrected chi connectivity index (χ0v) is 15.6. The van der Waals surface area contributed by atoms with Gasteiger partial charge in [-0.2, -0.15) is 0 Å². The Morgan fingerprint density at radius 2 is 1.83 bits per heavy atom. The topological polar surface area (TPSA) is 35.5 Å². The van der Waals surface area contributed by atoms with Crippen molar-refractivity contribution in [3.8, 4) is 5.75 Å². The number of hydrogen-bond acceptors (Lipinski definition) is 3. The highest BCUT2D eigenvalue weighted by atomic mass is 16.5. The highest BCUT2D eigenvalue weighted by Crippen LogP contribution is 2.16. The van der Waals surface area contributed by atoms with E-state index in [4.69, 9.17) is 9.47 Å². The monoisotopic (exact) mass is 332 g/mol. The van der Waals surface area contributed by atoms with Gasteiger partial charge in [-0.05, 0) is 49.5 Å². The van der Waals surface area contributed by atoms with E-state index >= 15 is 0 Å². The van der Waals surface area contributed by atoms with Crippen molar-refractivity contribution in [3.63, 3.8) is 0 Å². The van der Waals surface area contributed by atoms with Gasteiger partial charge in [-0.1, -0.05) is 52.2 Å². The highest BCUT2D eigenvalue weighted by Gasteiger charge is 2.08. The molecule has 0 aliphatic carbocycles. The van der Waals surface area contributed by atoms with Crippen molar-refractivity contribution in [1.29, 1.82) is 0 Å². The molecule has 24 heavy (non-hydrogen) atoms. The van der Waals surface area contributed by atoms with Crippen LogP contribution in [0.4, 0.5) is 0 Å². The van der Waals surface area contributed by atoms with Crippen LogP contribution in [0.2, 0.25) is 0 Å². The molecule has 0 fully saturated rings. The van der Waals surface area contributed by atoms with Gasteiger partial charge < -0.3 is 9.47 Å². The standard InChI is InChI=1S/C21H32O3/c1-5-8-9-18(7-3)16-23-21(22)15-12-19-10-13-20(14-11-19)24-17(4)6-2/h10-15,17-18H,5-9,16H2,1-4H3. The summed E-state index contributed by atoms with van der Waals surface area (Å²) in [5.74, 6) is 1.05. The molecule has 1 rings (SSSR count). The number of unbranched alkanes of at least 4 members (excludes halogenated alkanes) is 1. The van der Waals surface area contributed by atoms with E-state index in [1.807, 2.05) is 31.2 Å². The maximum absolute atomic E-state index is 11.8. The molecule has 0 spiro atoms. The van der Waals surface area contributed by atoms with Crippen LogP contribution in [-0.2, 0) is 9.53 Å². The predicted octanol–water partition coefficient (Wildman–Crippen LogP) is 5.64. The molecule has 0 aliphatic rings. The second-order valence-electron chi connectivity index (χ2n) is 6.29. The number of esters is 1. The molecule has 0 saturated carbocycles. The molecule has 3 heteroatoms. The van der Waals surface area contributed by atoms with Crippen LogP contribution < -0.4 is 4.74 Å². The third-order valence-corrected chi connectivity index (χ3v) is 4.21. The fourth-order valence-electron chi connectivity index (χ4n) is 2.28. The van der Waals surface area contributed by atoms with Crippen LogP contribution in [0, 0.1) is 5.92 Å². The van der Waals surface area contributed by atoms with Crippen molar-refractivity contribution in [3.05, 3.63) is 35.9 Å². The molecule has 1 aromatic rings. The summed E-state index contributed by atoms with van der Waals surface area (Å²) in [7, 11) is 0. The van der Waals surface area contributed by atoms with Crippen molar-refractivity contribution in [2.24, 2.45) is 5.92 Å². The van der Waals surface area contributed by atoms with Crippen LogP contribution in [0.5, 0.6) is 5.75 Å². The smallest absolute Gasteiger partial charge is 0.330 e. The molecule has 0 N–H and O–H groups in total. The first-order chi connectivity index (χ1) is 11.6. The lowest BCUT2D eigenvalue weighted by molar-refractivity contribution is -0.139. The van der Waals surface area contributed by atoms with E-state index in [0.29, 0.717) is 12.5 Å². The molecule has 0 radical (unpaired) electrons. The van der Waals surface area contributed by atoms with Gasteiger partial charge in [0.25, 0.3) is 0 Å². The molecule has 0 heterocycles. The third kappa shape index (κ3) is 8.19. The Balaban J connectivity index is 2.43. The van der Waals surface area contributed by atoms with Crippen molar-refractivity contribution < 1.29 is 14.3 Å². The number of carbonyl (C=O) groups excluding carboxylic acids is 1. The molecule has 2 unspecified atom stereocenters. The minimum atomic E-state index is -0.273. The molecule has 0 saturated heterocycles. The largest absolute Gasteiger partial charge is 0.491 e. The minimum absolute atomic E-state index is 0.209. The fraction of sp³-hybridized carbons (Fsp3) is 0.571. The SMILES string of the molecule is CCCCC(CC)COC(=O)C=Cc1ccc(OC(C)CC)cc1. The summed E-state index contributed by atoms with van der Waals surface area (Å²) in [6, 6.07) is 7.74. The maximum atomic E-state index is 11.8. The summed E-state index contributed by atoms with van der Waals surface area (Å²) in [6.07, 6.45) is 9.01. The van der Waals surface area contributed by atoms with E-state index in [-0.39, 0.29) is 12.1 Å². The molecule has 0 bridgehead atoms. The normalized spacial score (nSPS) is 13.7. The molecular formula is C21H32O3. The second-order valence-corrected chi connectivity index (χ2v) is 6.29. The average molecular weight is 332 g/mol. The first-order valence-corrected chi connectivity index (χ1v) is 9.20. The van der Waals surface area contributed by atoms with Crippen molar-refractivity contribution >= 4 is 12.0 Å². The van der Waals surface area contributed by atoms with Gasteiger partial charge in [0.15, 0.2) is 0 Å². The summed E-state index contributed by atoms with van der Waals surface area (Å²) in [5, 5.41) is 0. The Hall–Kier alpha value is -1.77. The second kappa shape index (κ2) is 11.7. The van der Waals surface area contributed by atoms with Gasteiger partial charge in [0.05, 0.1) is 12.7 Å². The summed E-state index contributed by atoms with van der Waals surface area (Å²) in [5.41, 5.74) is 0.960. The summed E-state index contributed by atoms with van der Waals surface area (Å²) in [4.78, 5) is 11.8. The van der Waals surface area contributed by atoms with E-state index in [0.717, 1.165) is 30.6 Å². The number of ether oxygens (including phenoxy) is 2. The molecule has 2 atom stereocenters. The zero-order chi connectivity index (χ0) is 17.8. The molecular weight excluding hydrogens is 300 g/mol. The van der Waals surface area contributed by atoms with Crippen molar-refractivity contribution in [2.45, 2.75) is 65.9 Å². The van der Waals surface area contributed by atoms with Gasteiger partial charge in [-0.3, -0.25) is 0 Å². The van der Waals surface area contributed by atoms with Crippen LogP contribution in [0.15, 0.2) is 30.3 Å². The number of carbonyl (C=O) groups is 1. The minimum Gasteiger partial charge on any atom is -0.491 e. The van der Waals surface area contributed by atoms with Gasteiger partial charge in [-0.25, -0.2) is 4.79 Å². The summed E-state index contributed by atoms with van der Waals surface area (Å²) in [6.45, 7) is 8.99. The van der Waals surface area contributed by atoms with E-state index < -0.39 is 0 Å². The fourth-order valence-corrected chi connectivity index (χ4v) is 2.28. The Morgan fingerprint density at radius 3 is 2.42 bits per heavy atom. The first-order valence-electron chi connectivity index (χ1n) is 9.20. The lowest BCUT2D eigenvalue weighted by atomic mass is 10.0. The molecule has 134 valence electrons. The lowest BCUT2D eigenvalue weighted by Gasteiger charge is -2.13. The van der Waals surface area contributed by atoms with Crippen molar-refractivity contribution in [1.82, 2.24) is 0 Å². The van der Waals surface area contributed by atoms with Gasteiger partial charge >= 0.3 is 5.97 Å². The Morgan fingerprint density at radius 1 is 1.12 bits per heavy atom. The number of rotatable bonds is 11. The van der Waals surface area contributed by atoms with E-state index in [9.17, 15) is 4.79 Å². The van der Waals surface area contributed by atoms with E-state index in [1.165, 1.54) is 18.9 Å². The average Bonchev–Trinajstić information content (AvgIpc) is 2.61. The van der Waals surface area contributed by atoms with E-state index in [1.54, 1.807) is 6.08 Å². The van der Waals surface area contributed by atoms with Gasteiger partial charge in [-0.15, -0.1) is 0 Å². The Labute approximate surface area is 147 Å². The molecule has 0 amide bonds.